The number of amides is 1. The molecule has 6 heteroatoms. The van der Waals surface area contributed by atoms with Gasteiger partial charge in [-0.25, -0.2) is 0 Å². The predicted molar refractivity (Wildman–Crippen MR) is 99.1 cm³/mol. The lowest BCUT2D eigenvalue weighted by Gasteiger charge is -2.08. The van der Waals surface area contributed by atoms with E-state index in [-0.39, 0.29) is 18.9 Å². The van der Waals surface area contributed by atoms with Gasteiger partial charge in [-0.1, -0.05) is 18.2 Å². The number of carbonyl (C=O) groups is 2. The Labute approximate surface area is 151 Å². The highest BCUT2D eigenvalue weighted by atomic mass is 32.2. The van der Waals surface area contributed by atoms with E-state index in [1.807, 2.05) is 31.4 Å². The molecular formula is C19H21NO4S. The molecule has 0 saturated heterocycles. The number of esters is 1. The van der Waals surface area contributed by atoms with Gasteiger partial charge in [-0.3, -0.25) is 9.59 Å². The highest BCUT2D eigenvalue weighted by Gasteiger charge is 2.09. The zero-order valence-electron chi connectivity index (χ0n) is 14.3. The number of anilines is 1. The van der Waals surface area contributed by atoms with Crippen LogP contribution in [-0.4, -0.2) is 31.3 Å². The van der Waals surface area contributed by atoms with E-state index < -0.39 is 5.97 Å². The lowest BCUT2D eigenvalue weighted by atomic mass is 10.1. The van der Waals surface area contributed by atoms with E-state index >= 15 is 0 Å². The van der Waals surface area contributed by atoms with Crippen LogP contribution < -0.4 is 10.1 Å². The number of nitrogens with one attached hydrogen (secondary N) is 1. The Bertz CT molecular complexity index is 716. The van der Waals surface area contributed by atoms with Crippen molar-refractivity contribution in [2.24, 2.45) is 0 Å². The second-order valence-corrected chi connectivity index (χ2v) is 6.07. The summed E-state index contributed by atoms with van der Waals surface area (Å²) in [6.07, 6.45) is 2.07. The zero-order chi connectivity index (χ0) is 18.1. The number of carbonyl (C=O) groups excluding carboxylic acids is 2. The summed E-state index contributed by atoms with van der Waals surface area (Å²) in [4.78, 5) is 24.8. The Morgan fingerprint density at radius 3 is 2.56 bits per heavy atom. The molecule has 2 rings (SSSR count). The summed E-state index contributed by atoms with van der Waals surface area (Å²) < 4.78 is 10.4. The Morgan fingerprint density at radius 1 is 1.12 bits per heavy atom. The monoisotopic (exact) mass is 359 g/mol. The van der Waals surface area contributed by atoms with Gasteiger partial charge >= 0.3 is 5.97 Å². The molecule has 0 unspecified atom stereocenters. The van der Waals surface area contributed by atoms with Crippen LogP contribution in [0, 0.1) is 0 Å². The van der Waals surface area contributed by atoms with Gasteiger partial charge in [0.15, 0.2) is 6.61 Å². The molecule has 1 amide bonds. The SMILES string of the molecule is CCOc1ccc(CC(=O)OCC(=O)Nc2cccc(SC)c2)cc1. The average molecular weight is 359 g/mol. The Morgan fingerprint density at radius 2 is 1.88 bits per heavy atom. The van der Waals surface area contributed by atoms with Crippen LogP contribution in [0.1, 0.15) is 12.5 Å². The number of rotatable bonds is 8. The molecule has 0 spiro atoms. The van der Waals surface area contributed by atoms with E-state index in [1.165, 1.54) is 0 Å². The molecule has 0 aromatic heterocycles. The van der Waals surface area contributed by atoms with E-state index in [0.29, 0.717) is 12.3 Å². The average Bonchev–Trinajstić information content (AvgIpc) is 2.62. The Kier molecular flexibility index (Phi) is 7.35. The van der Waals surface area contributed by atoms with Gasteiger partial charge in [0.2, 0.25) is 0 Å². The Balaban J connectivity index is 1.77. The summed E-state index contributed by atoms with van der Waals surface area (Å²) >= 11 is 1.59. The quantitative estimate of drug-likeness (QED) is 0.577. The molecule has 0 aliphatic rings. The second-order valence-electron chi connectivity index (χ2n) is 5.19. The molecule has 132 valence electrons. The summed E-state index contributed by atoms with van der Waals surface area (Å²) in [6.45, 7) is 2.20. The minimum absolute atomic E-state index is 0.113. The first kappa shape index (κ1) is 18.9. The molecular weight excluding hydrogens is 338 g/mol. The van der Waals surface area contributed by atoms with Crippen LogP contribution >= 0.6 is 11.8 Å². The molecule has 0 aliphatic carbocycles. The summed E-state index contributed by atoms with van der Waals surface area (Å²) in [6, 6.07) is 14.7. The molecule has 2 aromatic carbocycles. The van der Waals surface area contributed by atoms with Gasteiger partial charge in [0, 0.05) is 10.6 Å². The van der Waals surface area contributed by atoms with Crippen molar-refractivity contribution in [3.8, 4) is 5.75 Å². The van der Waals surface area contributed by atoms with Crippen molar-refractivity contribution >= 4 is 29.3 Å². The van der Waals surface area contributed by atoms with Crippen molar-refractivity contribution in [2.75, 3.05) is 24.8 Å². The van der Waals surface area contributed by atoms with Crippen LogP contribution in [-0.2, 0) is 20.7 Å². The molecule has 0 fully saturated rings. The van der Waals surface area contributed by atoms with Crippen molar-refractivity contribution in [1.29, 1.82) is 0 Å². The summed E-state index contributed by atoms with van der Waals surface area (Å²) in [5.41, 5.74) is 1.49. The van der Waals surface area contributed by atoms with E-state index in [2.05, 4.69) is 5.32 Å². The van der Waals surface area contributed by atoms with E-state index in [9.17, 15) is 9.59 Å². The maximum Gasteiger partial charge on any atom is 0.310 e. The van der Waals surface area contributed by atoms with Gasteiger partial charge in [-0.05, 0) is 49.1 Å². The fourth-order valence-electron chi connectivity index (χ4n) is 2.13. The largest absolute Gasteiger partial charge is 0.494 e. The van der Waals surface area contributed by atoms with Gasteiger partial charge in [0.1, 0.15) is 5.75 Å². The van der Waals surface area contributed by atoms with Gasteiger partial charge < -0.3 is 14.8 Å². The van der Waals surface area contributed by atoms with Crippen LogP contribution in [0.3, 0.4) is 0 Å². The molecule has 1 N–H and O–H groups in total. The standard InChI is InChI=1S/C19H21NO4S/c1-3-23-16-9-7-14(8-10-16)11-19(22)24-13-18(21)20-15-5-4-6-17(12-15)25-2/h4-10,12H,3,11,13H2,1-2H3,(H,20,21). The van der Waals surface area contributed by atoms with Crippen LogP contribution in [0.2, 0.25) is 0 Å². The highest BCUT2D eigenvalue weighted by molar-refractivity contribution is 7.98. The number of hydrogen-bond acceptors (Lipinski definition) is 5. The van der Waals surface area contributed by atoms with Crippen molar-refractivity contribution in [1.82, 2.24) is 0 Å². The number of benzene rings is 2. The van der Waals surface area contributed by atoms with Crippen LogP contribution in [0.4, 0.5) is 5.69 Å². The minimum Gasteiger partial charge on any atom is -0.494 e. The minimum atomic E-state index is -0.447. The molecule has 0 heterocycles. The van der Waals surface area contributed by atoms with E-state index in [4.69, 9.17) is 9.47 Å². The molecule has 2 aromatic rings. The van der Waals surface area contributed by atoms with E-state index in [1.54, 1.807) is 42.1 Å². The van der Waals surface area contributed by atoms with Gasteiger partial charge in [0.25, 0.3) is 5.91 Å². The van der Waals surface area contributed by atoms with Crippen LogP contribution in [0.15, 0.2) is 53.4 Å². The molecule has 0 radical (unpaired) electrons. The van der Waals surface area contributed by atoms with Crippen molar-refractivity contribution in [3.63, 3.8) is 0 Å². The first-order chi connectivity index (χ1) is 12.1. The third-order valence-electron chi connectivity index (χ3n) is 3.30. The Hall–Kier alpha value is -2.47. The highest BCUT2D eigenvalue weighted by Crippen LogP contribution is 2.18. The second kappa shape index (κ2) is 9.74. The molecule has 5 nitrogen and oxygen atoms in total. The van der Waals surface area contributed by atoms with Crippen molar-refractivity contribution in [3.05, 3.63) is 54.1 Å². The smallest absolute Gasteiger partial charge is 0.310 e. The zero-order valence-corrected chi connectivity index (χ0v) is 15.1. The van der Waals surface area contributed by atoms with Crippen LogP contribution in [0.25, 0.3) is 0 Å². The molecule has 25 heavy (non-hydrogen) atoms. The first-order valence-corrected chi connectivity index (χ1v) is 9.14. The van der Waals surface area contributed by atoms with Gasteiger partial charge in [0.05, 0.1) is 13.0 Å². The fourth-order valence-corrected chi connectivity index (χ4v) is 2.59. The van der Waals surface area contributed by atoms with Crippen molar-refractivity contribution < 1.29 is 19.1 Å². The molecule has 0 aliphatic heterocycles. The lowest BCUT2D eigenvalue weighted by molar-refractivity contribution is -0.146. The molecule has 0 atom stereocenters. The maximum atomic E-state index is 11.9. The molecule has 0 bridgehead atoms. The maximum absolute atomic E-state index is 11.9. The summed E-state index contributed by atoms with van der Waals surface area (Å²) in [5.74, 6) is -0.0538. The fraction of sp³-hybridized carbons (Fsp3) is 0.263. The topological polar surface area (TPSA) is 64.6 Å². The first-order valence-electron chi connectivity index (χ1n) is 7.92. The third-order valence-corrected chi connectivity index (χ3v) is 4.03. The van der Waals surface area contributed by atoms with Gasteiger partial charge in [-0.15, -0.1) is 11.8 Å². The normalized spacial score (nSPS) is 10.2. The third kappa shape index (κ3) is 6.51. The van der Waals surface area contributed by atoms with Crippen LogP contribution in [0.5, 0.6) is 5.75 Å². The molecule has 0 saturated carbocycles. The summed E-state index contributed by atoms with van der Waals surface area (Å²) in [5, 5.41) is 2.71. The van der Waals surface area contributed by atoms with E-state index in [0.717, 1.165) is 16.2 Å². The predicted octanol–water partition coefficient (Wildman–Crippen LogP) is 3.53. The number of hydrogen-bond donors (Lipinski definition) is 1. The lowest BCUT2D eigenvalue weighted by Crippen LogP contribution is -2.21. The van der Waals surface area contributed by atoms with Gasteiger partial charge in [-0.2, -0.15) is 0 Å². The number of thioether (sulfide) groups is 1. The number of ether oxygens (including phenoxy) is 2. The summed E-state index contributed by atoms with van der Waals surface area (Å²) in [7, 11) is 0. The van der Waals surface area contributed by atoms with Crippen molar-refractivity contribution in [2.45, 2.75) is 18.2 Å².